The van der Waals surface area contributed by atoms with Crippen LogP contribution in [0.2, 0.25) is 0 Å². The molecule has 6 nitrogen and oxygen atoms in total. The minimum Gasteiger partial charge on any atom is -0.462 e. The topological polar surface area (TPSA) is 78.9 Å². The lowest BCUT2D eigenvalue weighted by molar-refractivity contribution is -0.167. The Hall–Kier alpha value is -2.11. The van der Waals surface area contributed by atoms with E-state index in [9.17, 15) is 14.4 Å². The normalized spacial score (nSPS) is 12.1. The smallest absolute Gasteiger partial charge is 0.306 e. The monoisotopic (exact) mass is 1100 g/mol. The van der Waals surface area contributed by atoms with Gasteiger partial charge in [0, 0.05) is 19.3 Å². The fraction of sp³-hybridized carbons (Fsp3) is 0.903. The summed E-state index contributed by atoms with van der Waals surface area (Å²) in [6, 6.07) is 0. The number of carbonyl (C=O) groups excluding carboxylic acids is 3. The third-order valence-electron chi connectivity index (χ3n) is 16.2. The third-order valence-corrected chi connectivity index (χ3v) is 16.2. The molecule has 0 aliphatic carbocycles. The van der Waals surface area contributed by atoms with Crippen molar-refractivity contribution in [3.63, 3.8) is 0 Å². The van der Waals surface area contributed by atoms with E-state index in [2.05, 4.69) is 45.1 Å². The van der Waals surface area contributed by atoms with Crippen molar-refractivity contribution in [2.24, 2.45) is 0 Å². The van der Waals surface area contributed by atoms with E-state index in [1.54, 1.807) is 0 Å². The van der Waals surface area contributed by atoms with Crippen LogP contribution in [0.15, 0.2) is 24.3 Å². The van der Waals surface area contributed by atoms with E-state index >= 15 is 0 Å². The minimum absolute atomic E-state index is 0.0692. The van der Waals surface area contributed by atoms with Gasteiger partial charge >= 0.3 is 17.9 Å². The molecule has 1 atom stereocenters. The number of unbranched alkanes of at least 4 members (excludes halogenated alkanes) is 51. The fourth-order valence-corrected chi connectivity index (χ4v) is 10.9. The second-order valence-corrected chi connectivity index (χ2v) is 24.2. The summed E-state index contributed by atoms with van der Waals surface area (Å²) in [7, 11) is 0. The first-order valence-electron chi connectivity index (χ1n) is 35.3. The maximum absolute atomic E-state index is 12.9. The number of allylic oxidation sites excluding steroid dienone is 4. The van der Waals surface area contributed by atoms with E-state index in [1.807, 2.05) is 0 Å². The van der Waals surface area contributed by atoms with Gasteiger partial charge in [-0.2, -0.15) is 0 Å². The SMILES string of the molecule is CCCCCC/C=C\C/C=C\CCCCCCCCCC(=O)OC(COC(=O)CCCCCCCCCC)COC(=O)CCCCCCCCCCCCCCCCCCCCCCCCCCCCCCCCCCCC. The average molecular weight is 1100 g/mol. The second kappa shape index (κ2) is 67.4. The summed E-state index contributed by atoms with van der Waals surface area (Å²) in [5, 5.41) is 0. The van der Waals surface area contributed by atoms with Crippen LogP contribution in [0.25, 0.3) is 0 Å². The summed E-state index contributed by atoms with van der Waals surface area (Å²) in [6.07, 6.45) is 82.5. The van der Waals surface area contributed by atoms with Gasteiger partial charge in [-0.1, -0.05) is 353 Å². The first kappa shape index (κ1) is 75.9. The van der Waals surface area contributed by atoms with Crippen molar-refractivity contribution in [1.29, 1.82) is 0 Å². The van der Waals surface area contributed by atoms with E-state index in [1.165, 1.54) is 289 Å². The van der Waals surface area contributed by atoms with E-state index in [-0.39, 0.29) is 31.1 Å². The molecular formula is C72H136O6. The summed E-state index contributed by atoms with van der Waals surface area (Å²) in [6.45, 7) is 6.65. The highest BCUT2D eigenvalue weighted by Crippen LogP contribution is 2.19. The summed E-state index contributed by atoms with van der Waals surface area (Å²) >= 11 is 0. The molecule has 0 radical (unpaired) electrons. The van der Waals surface area contributed by atoms with Crippen LogP contribution < -0.4 is 0 Å². The van der Waals surface area contributed by atoms with Gasteiger partial charge in [0.25, 0.3) is 0 Å². The zero-order chi connectivity index (χ0) is 56.4. The van der Waals surface area contributed by atoms with Crippen molar-refractivity contribution in [1.82, 2.24) is 0 Å². The standard InChI is InChI=1S/C72H136O6/c1-4-7-10-13-16-19-21-23-25-27-29-30-31-32-33-34-35-36-37-38-39-40-41-42-43-44-46-47-49-51-53-56-59-62-65-71(74)77-68-69(67-76-70(73)64-61-58-55-18-15-12-9-6-3)78-72(75)66-63-60-57-54-52-50-48-45-28-26-24-22-20-17-14-11-8-5-2/h20,22,26,28,69H,4-19,21,23-25,27,29-68H2,1-3H3/b22-20-,28-26-. The molecule has 0 heterocycles. The molecule has 0 amide bonds. The van der Waals surface area contributed by atoms with E-state index in [4.69, 9.17) is 14.2 Å². The number of hydrogen-bond donors (Lipinski definition) is 0. The number of ether oxygens (including phenoxy) is 3. The number of esters is 3. The van der Waals surface area contributed by atoms with Crippen molar-refractivity contribution in [3.8, 4) is 0 Å². The fourth-order valence-electron chi connectivity index (χ4n) is 10.9. The molecule has 0 saturated carbocycles. The maximum atomic E-state index is 12.9. The largest absolute Gasteiger partial charge is 0.462 e. The summed E-state index contributed by atoms with van der Waals surface area (Å²) < 4.78 is 16.9. The van der Waals surface area contributed by atoms with Gasteiger partial charge in [0.1, 0.15) is 13.2 Å². The molecule has 78 heavy (non-hydrogen) atoms. The van der Waals surface area contributed by atoms with Gasteiger partial charge in [-0.25, -0.2) is 0 Å². The summed E-state index contributed by atoms with van der Waals surface area (Å²) in [4.78, 5) is 38.2. The molecule has 0 aliphatic heterocycles. The van der Waals surface area contributed by atoms with Gasteiger partial charge in [-0.15, -0.1) is 0 Å². The Morgan fingerprint density at radius 3 is 0.718 bits per heavy atom. The summed E-state index contributed by atoms with van der Waals surface area (Å²) in [5.41, 5.74) is 0. The van der Waals surface area contributed by atoms with Crippen LogP contribution in [0.1, 0.15) is 400 Å². The van der Waals surface area contributed by atoms with Gasteiger partial charge < -0.3 is 14.2 Å². The van der Waals surface area contributed by atoms with Crippen LogP contribution in [-0.4, -0.2) is 37.2 Å². The number of rotatable bonds is 66. The van der Waals surface area contributed by atoms with Crippen LogP contribution in [0.5, 0.6) is 0 Å². The van der Waals surface area contributed by atoms with E-state index < -0.39 is 6.10 Å². The molecule has 0 saturated heterocycles. The van der Waals surface area contributed by atoms with Crippen LogP contribution in [0.3, 0.4) is 0 Å². The molecule has 0 rings (SSSR count). The third kappa shape index (κ3) is 64.7. The Kier molecular flexibility index (Phi) is 65.6. The molecule has 1 unspecified atom stereocenters. The summed E-state index contributed by atoms with van der Waals surface area (Å²) in [5.74, 6) is -0.856. The van der Waals surface area contributed by atoms with Crippen LogP contribution in [0, 0.1) is 0 Å². The first-order chi connectivity index (χ1) is 38.5. The van der Waals surface area contributed by atoms with Crippen molar-refractivity contribution in [2.45, 2.75) is 406 Å². The molecule has 0 aromatic heterocycles. The zero-order valence-electron chi connectivity index (χ0n) is 53.0. The highest BCUT2D eigenvalue weighted by molar-refractivity contribution is 5.71. The Morgan fingerprint density at radius 1 is 0.256 bits per heavy atom. The van der Waals surface area contributed by atoms with Crippen molar-refractivity contribution in [3.05, 3.63) is 24.3 Å². The molecule has 0 fully saturated rings. The minimum atomic E-state index is -0.771. The van der Waals surface area contributed by atoms with Crippen LogP contribution in [-0.2, 0) is 28.6 Å². The van der Waals surface area contributed by atoms with Crippen molar-refractivity contribution in [2.75, 3.05) is 13.2 Å². The predicted molar refractivity (Wildman–Crippen MR) is 340 cm³/mol. The van der Waals surface area contributed by atoms with E-state index in [0.717, 1.165) is 70.6 Å². The van der Waals surface area contributed by atoms with Gasteiger partial charge in [-0.05, 0) is 51.4 Å². The molecule has 0 aromatic carbocycles. The molecule has 0 aliphatic rings. The predicted octanol–water partition coefficient (Wildman–Crippen LogP) is 24.2. The quantitative estimate of drug-likeness (QED) is 0.0261. The molecular weight excluding hydrogens is 961 g/mol. The molecule has 0 N–H and O–H groups in total. The lowest BCUT2D eigenvalue weighted by Crippen LogP contribution is -2.30. The van der Waals surface area contributed by atoms with Gasteiger partial charge in [0.05, 0.1) is 0 Å². The Labute approximate surface area is 487 Å². The van der Waals surface area contributed by atoms with Gasteiger partial charge in [0.2, 0.25) is 0 Å². The highest BCUT2D eigenvalue weighted by Gasteiger charge is 2.19. The first-order valence-corrected chi connectivity index (χ1v) is 35.3. The van der Waals surface area contributed by atoms with Crippen LogP contribution >= 0.6 is 0 Å². The second-order valence-electron chi connectivity index (χ2n) is 24.2. The average Bonchev–Trinajstić information content (AvgIpc) is 3.44. The maximum Gasteiger partial charge on any atom is 0.306 e. The lowest BCUT2D eigenvalue weighted by atomic mass is 10.0. The van der Waals surface area contributed by atoms with E-state index in [0.29, 0.717) is 19.3 Å². The molecule has 460 valence electrons. The number of hydrogen-bond acceptors (Lipinski definition) is 6. The molecule has 0 aromatic rings. The molecule has 0 spiro atoms. The zero-order valence-corrected chi connectivity index (χ0v) is 53.0. The van der Waals surface area contributed by atoms with Crippen molar-refractivity contribution >= 4 is 17.9 Å². The van der Waals surface area contributed by atoms with Crippen molar-refractivity contribution < 1.29 is 28.6 Å². The molecule has 6 heteroatoms. The van der Waals surface area contributed by atoms with Gasteiger partial charge in [-0.3, -0.25) is 14.4 Å². The highest BCUT2D eigenvalue weighted by atomic mass is 16.6. The Balaban J connectivity index is 3.96. The number of carbonyl (C=O) groups is 3. The lowest BCUT2D eigenvalue weighted by Gasteiger charge is -2.18. The van der Waals surface area contributed by atoms with Crippen LogP contribution in [0.4, 0.5) is 0 Å². The Bertz CT molecular complexity index is 1260. The molecule has 0 bridgehead atoms. The van der Waals surface area contributed by atoms with Gasteiger partial charge in [0.15, 0.2) is 6.10 Å². The Morgan fingerprint density at radius 2 is 0.462 bits per heavy atom.